The first kappa shape index (κ1) is 15.1. The van der Waals surface area contributed by atoms with Gasteiger partial charge in [-0.05, 0) is 31.1 Å². The summed E-state index contributed by atoms with van der Waals surface area (Å²) in [6.45, 7) is 9.94. The summed E-state index contributed by atoms with van der Waals surface area (Å²) in [5, 5.41) is 3.09. The summed E-state index contributed by atoms with van der Waals surface area (Å²) in [4.78, 5) is 2.28. The lowest BCUT2D eigenvalue weighted by Crippen LogP contribution is -2.27. The molecule has 0 saturated heterocycles. The number of benzene rings is 1. The zero-order chi connectivity index (χ0) is 13.5. The van der Waals surface area contributed by atoms with Gasteiger partial charge in [0, 0.05) is 25.2 Å². The number of nitrogens with zero attached hydrogens (tertiary/aromatic N) is 1. The van der Waals surface area contributed by atoms with Gasteiger partial charge in [-0.1, -0.05) is 32.9 Å². The fraction of sp³-hybridized carbons (Fsp3) is 0.600. The van der Waals surface area contributed by atoms with E-state index in [1.54, 1.807) is 6.07 Å². The van der Waals surface area contributed by atoms with Crippen LogP contribution in [0.3, 0.4) is 0 Å². The maximum absolute atomic E-state index is 13.8. The first-order chi connectivity index (χ1) is 8.56. The molecule has 0 spiro atoms. The van der Waals surface area contributed by atoms with Gasteiger partial charge < -0.3 is 5.32 Å². The average Bonchev–Trinajstić information content (AvgIpc) is 2.32. The molecule has 0 radical (unpaired) electrons. The van der Waals surface area contributed by atoms with Gasteiger partial charge in [0.1, 0.15) is 5.82 Å². The minimum Gasteiger partial charge on any atom is -0.316 e. The SMILES string of the molecule is CCN(Cc1cc(CNC)ccc1F)CC(C)C. The summed E-state index contributed by atoms with van der Waals surface area (Å²) in [6.07, 6.45) is 0. The predicted octanol–water partition coefficient (Wildman–Crippen LogP) is 3.02. The fourth-order valence-electron chi connectivity index (χ4n) is 2.13. The highest BCUT2D eigenvalue weighted by atomic mass is 19.1. The van der Waals surface area contributed by atoms with Crippen LogP contribution in [0.15, 0.2) is 18.2 Å². The van der Waals surface area contributed by atoms with Crippen molar-refractivity contribution in [2.75, 3.05) is 20.1 Å². The molecule has 0 aliphatic heterocycles. The number of hydrogen-bond donors (Lipinski definition) is 1. The fourth-order valence-corrected chi connectivity index (χ4v) is 2.13. The summed E-state index contributed by atoms with van der Waals surface area (Å²) >= 11 is 0. The Labute approximate surface area is 110 Å². The lowest BCUT2D eigenvalue weighted by Gasteiger charge is -2.23. The topological polar surface area (TPSA) is 15.3 Å². The molecule has 0 fully saturated rings. The minimum absolute atomic E-state index is 0.0999. The van der Waals surface area contributed by atoms with Gasteiger partial charge in [0.05, 0.1) is 0 Å². The van der Waals surface area contributed by atoms with Crippen LogP contribution in [0.2, 0.25) is 0 Å². The van der Waals surface area contributed by atoms with Crippen molar-refractivity contribution in [2.45, 2.75) is 33.9 Å². The third-order valence-electron chi connectivity index (χ3n) is 2.96. The van der Waals surface area contributed by atoms with Crippen LogP contribution in [0.25, 0.3) is 0 Å². The number of rotatable bonds is 7. The van der Waals surface area contributed by atoms with Crippen molar-refractivity contribution in [2.24, 2.45) is 5.92 Å². The molecule has 2 nitrogen and oxygen atoms in total. The Morgan fingerprint density at radius 3 is 2.61 bits per heavy atom. The van der Waals surface area contributed by atoms with E-state index in [0.717, 1.165) is 30.8 Å². The van der Waals surface area contributed by atoms with E-state index in [1.807, 2.05) is 19.2 Å². The van der Waals surface area contributed by atoms with Gasteiger partial charge in [0.2, 0.25) is 0 Å². The summed E-state index contributed by atoms with van der Waals surface area (Å²) in [7, 11) is 1.90. The Kier molecular flexibility index (Phi) is 6.30. The van der Waals surface area contributed by atoms with Gasteiger partial charge in [-0.2, -0.15) is 0 Å². The van der Waals surface area contributed by atoms with Gasteiger partial charge in [-0.15, -0.1) is 0 Å². The van der Waals surface area contributed by atoms with Crippen molar-refractivity contribution in [3.63, 3.8) is 0 Å². The predicted molar refractivity (Wildman–Crippen MR) is 75.0 cm³/mol. The molecular formula is C15H25FN2. The van der Waals surface area contributed by atoms with Crippen molar-refractivity contribution in [1.82, 2.24) is 10.2 Å². The largest absolute Gasteiger partial charge is 0.316 e. The molecule has 1 aromatic rings. The second-order valence-electron chi connectivity index (χ2n) is 5.18. The molecular weight excluding hydrogens is 227 g/mol. The molecule has 0 bridgehead atoms. The van der Waals surface area contributed by atoms with Gasteiger partial charge in [0.25, 0.3) is 0 Å². The van der Waals surface area contributed by atoms with Crippen LogP contribution in [0.5, 0.6) is 0 Å². The standard InChI is InChI=1S/C15H25FN2/c1-5-18(10-12(2)3)11-14-8-13(9-17-4)6-7-15(14)16/h6-8,12,17H,5,9-11H2,1-4H3. The highest BCUT2D eigenvalue weighted by molar-refractivity contribution is 5.25. The van der Waals surface area contributed by atoms with Crippen LogP contribution in [-0.2, 0) is 13.1 Å². The van der Waals surface area contributed by atoms with Gasteiger partial charge in [0.15, 0.2) is 0 Å². The Morgan fingerprint density at radius 1 is 1.33 bits per heavy atom. The number of nitrogens with one attached hydrogen (secondary N) is 1. The van der Waals surface area contributed by atoms with Crippen LogP contribution in [0.1, 0.15) is 31.9 Å². The van der Waals surface area contributed by atoms with E-state index in [2.05, 4.69) is 31.0 Å². The van der Waals surface area contributed by atoms with Crippen molar-refractivity contribution in [1.29, 1.82) is 0 Å². The molecule has 0 aliphatic rings. The quantitative estimate of drug-likeness (QED) is 0.802. The normalized spacial score (nSPS) is 11.5. The zero-order valence-electron chi connectivity index (χ0n) is 12.0. The van der Waals surface area contributed by atoms with Crippen LogP contribution < -0.4 is 5.32 Å². The maximum atomic E-state index is 13.8. The second kappa shape index (κ2) is 7.49. The lowest BCUT2D eigenvalue weighted by molar-refractivity contribution is 0.245. The van der Waals surface area contributed by atoms with E-state index in [0.29, 0.717) is 12.5 Å². The first-order valence-electron chi connectivity index (χ1n) is 6.71. The number of hydrogen-bond acceptors (Lipinski definition) is 2. The Hall–Kier alpha value is -0.930. The summed E-state index contributed by atoms with van der Waals surface area (Å²) < 4.78 is 13.8. The molecule has 3 heteroatoms. The van der Waals surface area contributed by atoms with E-state index < -0.39 is 0 Å². The summed E-state index contributed by atoms with van der Waals surface area (Å²) in [5.74, 6) is 0.505. The molecule has 102 valence electrons. The van der Waals surface area contributed by atoms with E-state index in [4.69, 9.17) is 0 Å². The third-order valence-corrected chi connectivity index (χ3v) is 2.96. The van der Waals surface area contributed by atoms with E-state index in [9.17, 15) is 4.39 Å². The van der Waals surface area contributed by atoms with E-state index in [1.165, 1.54) is 0 Å². The molecule has 0 unspecified atom stereocenters. The second-order valence-corrected chi connectivity index (χ2v) is 5.18. The lowest BCUT2D eigenvalue weighted by atomic mass is 10.1. The highest BCUT2D eigenvalue weighted by Crippen LogP contribution is 2.14. The molecule has 0 amide bonds. The summed E-state index contributed by atoms with van der Waals surface area (Å²) in [6, 6.07) is 5.38. The van der Waals surface area contributed by atoms with Gasteiger partial charge >= 0.3 is 0 Å². The van der Waals surface area contributed by atoms with Crippen LogP contribution >= 0.6 is 0 Å². The van der Waals surface area contributed by atoms with Gasteiger partial charge in [-0.25, -0.2) is 4.39 Å². The molecule has 0 atom stereocenters. The van der Waals surface area contributed by atoms with E-state index in [-0.39, 0.29) is 5.82 Å². The molecule has 1 aromatic carbocycles. The molecule has 18 heavy (non-hydrogen) atoms. The van der Waals surface area contributed by atoms with Crippen molar-refractivity contribution < 1.29 is 4.39 Å². The first-order valence-corrected chi connectivity index (χ1v) is 6.71. The summed E-state index contributed by atoms with van der Waals surface area (Å²) in [5.41, 5.74) is 1.93. The minimum atomic E-state index is -0.0999. The molecule has 1 rings (SSSR count). The van der Waals surface area contributed by atoms with Crippen molar-refractivity contribution in [3.8, 4) is 0 Å². The van der Waals surface area contributed by atoms with Gasteiger partial charge in [-0.3, -0.25) is 4.90 Å². The molecule has 1 N–H and O–H groups in total. The number of halogens is 1. The van der Waals surface area contributed by atoms with E-state index >= 15 is 0 Å². The zero-order valence-corrected chi connectivity index (χ0v) is 12.0. The van der Waals surface area contributed by atoms with Crippen LogP contribution in [0, 0.1) is 11.7 Å². The molecule has 0 aliphatic carbocycles. The van der Waals surface area contributed by atoms with Crippen molar-refractivity contribution >= 4 is 0 Å². The third kappa shape index (κ3) is 4.75. The molecule has 0 heterocycles. The van der Waals surface area contributed by atoms with Crippen LogP contribution in [0.4, 0.5) is 4.39 Å². The van der Waals surface area contributed by atoms with Crippen LogP contribution in [-0.4, -0.2) is 25.0 Å². The Bertz CT molecular complexity index is 364. The monoisotopic (exact) mass is 252 g/mol. The Morgan fingerprint density at radius 2 is 2.06 bits per heavy atom. The molecule has 0 aromatic heterocycles. The maximum Gasteiger partial charge on any atom is 0.127 e. The smallest absolute Gasteiger partial charge is 0.127 e. The van der Waals surface area contributed by atoms with Crippen molar-refractivity contribution in [3.05, 3.63) is 35.1 Å². The average molecular weight is 252 g/mol. The molecule has 0 saturated carbocycles. The Balaban J connectivity index is 2.77. The highest BCUT2D eigenvalue weighted by Gasteiger charge is 2.10.